The third-order valence-corrected chi connectivity index (χ3v) is 7.68. The molecule has 2 aliphatic heterocycles. The normalized spacial score (nSPS) is 20.5. The number of amides is 4. The number of benzene rings is 1. The first-order chi connectivity index (χ1) is 14.7. The first-order valence-corrected chi connectivity index (χ1v) is 12.2. The lowest BCUT2D eigenvalue weighted by Crippen LogP contribution is -2.38. The lowest BCUT2D eigenvalue weighted by Gasteiger charge is -2.21. The number of aryl methyl sites for hydroxylation is 1. The Labute approximate surface area is 183 Å². The summed E-state index contributed by atoms with van der Waals surface area (Å²) in [5, 5.41) is 5.19. The topological polar surface area (TPSA) is 116 Å². The smallest absolute Gasteiger partial charge is 0.325 e. The summed E-state index contributed by atoms with van der Waals surface area (Å²) < 4.78 is 27.8. The molecule has 10 heteroatoms. The highest BCUT2D eigenvalue weighted by molar-refractivity contribution is 7.89. The minimum absolute atomic E-state index is 0.158. The van der Waals surface area contributed by atoms with Gasteiger partial charge in [0.2, 0.25) is 15.9 Å². The monoisotopic (exact) mass is 450 g/mol. The van der Waals surface area contributed by atoms with E-state index in [0.29, 0.717) is 30.8 Å². The molecule has 1 unspecified atom stereocenters. The third kappa shape index (κ3) is 5.24. The Morgan fingerprint density at radius 1 is 1.16 bits per heavy atom. The molecule has 4 amide bonds. The van der Waals surface area contributed by atoms with Gasteiger partial charge in [-0.1, -0.05) is 32.3 Å². The summed E-state index contributed by atoms with van der Waals surface area (Å²) in [6.07, 6.45) is 4.94. The second kappa shape index (κ2) is 9.78. The molecular weight excluding hydrogens is 420 g/mol. The van der Waals surface area contributed by atoms with Crippen LogP contribution in [0.15, 0.2) is 23.1 Å². The summed E-state index contributed by atoms with van der Waals surface area (Å²) in [4.78, 5) is 37.8. The Kier molecular flexibility index (Phi) is 7.32. The van der Waals surface area contributed by atoms with Crippen LogP contribution in [0.3, 0.4) is 0 Å². The van der Waals surface area contributed by atoms with E-state index in [1.165, 1.54) is 10.4 Å². The molecule has 1 aromatic rings. The van der Waals surface area contributed by atoms with Crippen LogP contribution in [0.4, 0.5) is 10.5 Å². The van der Waals surface area contributed by atoms with Gasteiger partial charge in [-0.2, -0.15) is 4.31 Å². The molecule has 9 nitrogen and oxygen atoms in total. The molecule has 2 aliphatic rings. The molecule has 0 aliphatic carbocycles. The van der Waals surface area contributed by atoms with Crippen molar-refractivity contribution in [3.63, 3.8) is 0 Å². The van der Waals surface area contributed by atoms with E-state index in [1.54, 1.807) is 19.1 Å². The van der Waals surface area contributed by atoms with Gasteiger partial charge in [0.1, 0.15) is 12.6 Å². The first-order valence-electron chi connectivity index (χ1n) is 10.8. The van der Waals surface area contributed by atoms with Crippen molar-refractivity contribution >= 4 is 33.6 Å². The van der Waals surface area contributed by atoms with E-state index in [0.717, 1.165) is 37.0 Å². The molecule has 2 heterocycles. The maximum atomic E-state index is 13.2. The van der Waals surface area contributed by atoms with Crippen molar-refractivity contribution in [3.8, 4) is 0 Å². The van der Waals surface area contributed by atoms with E-state index in [2.05, 4.69) is 10.6 Å². The summed E-state index contributed by atoms with van der Waals surface area (Å²) in [7, 11) is -3.67. The molecule has 3 rings (SSSR count). The number of hydrogen-bond acceptors (Lipinski definition) is 5. The molecule has 31 heavy (non-hydrogen) atoms. The van der Waals surface area contributed by atoms with Gasteiger partial charge >= 0.3 is 6.03 Å². The highest BCUT2D eigenvalue weighted by Crippen LogP contribution is 2.26. The van der Waals surface area contributed by atoms with Crippen LogP contribution in [0.1, 0.15) is 51.0 Å². The number of sulfonamides is 1. The van der Waals surface area contributed by atoms with Crippen molar-refractivity contribution in [2.75, 3.05) is 25.0 Å². The molecule has 2 fully saturated rings. The van der Waals surface area contributed by atoms with E-state index in [-0.39, 0.29) is 4.90 Å². The van der Waals surface area contributed by atoms with E-state index >= 15 is 0 Å². The zero-order valence-corrected chi connectivity index (χ0v) is 18.8. The number of nitrogens with zero attached hydrogens (tertiary/aromatic N) is 2. The Morgan fingerprint density at radius 2 is 1.84 bits per heavy atom. The second-order valence-electron chi connectivity index (χ2n) is 8.06. The third-order valence-electron chi connectivity index (χ3n) is 5.64. The van der Waals surface area contributed by atoms with Crippen molar-refractivity contribution in [3.05, 3.63) is 23.8 Å². The van der Waals surface area contributed by atoms with Gasteiger partial charge < -0.3 is 10.6 Å². The minimum Gasteiger partial charge on any atom is -0.326 e. The second-order valence-corrected chi connectivity index (χ2v) is 9.97. The Morgan fingerprint density at radius 3 is 2.48 bits per heavy atom. The molecule has 1 atom stereocenters. The van der Waals surface area contributed by atoms with Crippen LogP contribution in [0.25, 0.3) is 0 Å². The Hall–Kier alpha value is -2.46. The van der Waals surface area contributed by atoms with Crippen LogP contribution in [0.5, 0.6) is 0 Å². The first kappa shape index (κ1) is 23.2. The quantitative estimate of drug-likeness (QED) is 0.618. The zero-order valence-electron chi connectivity index (χ0n) is 18.0. The van der Waals surface area contributed by atoms with Gasteiger partial charge in [-0.15, -0.1) is 0 Å². The SMILES string of the molecule is CCCC1NC(=O)N(CC(=O)Nc2ccc(C)c(S(=O)(=O)N3CCCCCC3)c2)C1=O. The largest absolute Gasteiger partial charge is 0.326 e. The molecule has 2 saturated heterocycles. The van der Waals surface area contributed by atoms with Crippen molar-refractivity contribution < 1.29 is 22.8 Å². The van der Waals surface area contributed by atoms with E-state index < -0.39 is 40.5 Å². The van der Waals surface area contributed by atoms with Crippen molar-refractivity contribution in [2.24, 2.45) is 0 Å². The number of rotatable bonds is 7. The maximum Gasteiger partial charge on any atom is 0.325 e. The summed E-state index contributed by atoms with van der Waals surface area (Å²) in [6, 6.07) is 3.51. The zero-order chi connectivity index (χ0) is 22.6. The van der Waals surface area contributed by atoms with Crippen LogP contribution in [0, 0.1) is 6.92 Å². The van der Waals surface area contributed by atoms with E-state index in [9.17, 15) is 22.8 Å². The average molecular weight is 451 g/mol. The number of anilines is 1. The summed E-state index contributed by atoms with van der Waals surface area (Å²) >= 11 is 0. The van der Waals surface area contributed by atoms with Gasteiger partial charge in [0.25, 0.3) is 5.91 Å². The van der Waals surface area contributed by atoms with Crippen molar-refractivity contribution in [1.82, 2.24) is 14.5 Å². The minimum atomic E-state index is -3.67. The molecule has 0 radical (unpaired) electrons. The number of nitrogens with one attached hydrogen (secondary N) is 2. The van der Waals surface area contributed by atoms with Gasteiger partial charge in [0.05, 0.1) is 4.90 Å². The molecule has 0 saturated carbocycles. The summed E-state index contributed by atoms with van der Waals surface area (Å²) in [5.41, 5.74) is 0.903. The van der Waals surface area contributed by atoms with Gasteiger partial charge in [-0.05, 0) is 43.9 Å². The predicted octanol–water partition coefficient (Wildman–Crippen LogP) is 2.22. The highest BCUT2D eigenvalue weighted by Gasteiger charge is 2.38. The van der Waals surface area contributed by atoms with Crippen LogP contribution in [-0.4, -0.2) is 61.1 Å². The van der Waals surface area contributed by atoms with Gasteiger partial charge in [-0.25, -0.2) is 13.2 Å². The molecule has 2 N–H and O–H groups in total. The van der Waals surface area contributed by atoms with Crippen LogP contribution in [-0.2, 0) is 19.6 Å². The molecular formula is C21H30N4O5S. The molecule has 170 valence electrons. The fraction of sp³-hybridized carbons (Fsp3) is 0.571. The van der Waals surface area contributed by atoms with Gasteiger partial charge in [0, 0.05) is 18.8 Å². The molecule has 0 bridgehead atoms. The number of hydrogen-bond donors (Lipinski definition) is 2. The average Bonchev–Trinajstić information content (AvgIpc) is 2.93. The summed E-state index contributed by atoms with van der Waals surface area (Å²) in [5.74, 6) is -0.988. The van der Waals surface area contributed by atoms with Gasteiger partial charge in [0.15, 0.2) is 0 Å². The van der Waals surface area contributed by atoms with Gasteiger partial charge in [-0.3, -0.25) is 14.5 Å². The highest BCUT2D eigenvalue weighted by atomic mass is 32.2. The van der Waals surface area contributed by atoms with E-state index in [4.69, 9.17) is 0 Å². The number of carbonyl (C=O) groups is 3. The van der Waals surface area contributed by atoms with Crippen LogP contribution in [0.2, 0.25) is 0 Å². The fourth-order valence-corrected chi connectivity index (χ4v) is 5.70. The van der Waals surface area contributed by atoms with E-state index in [1.807, 2.05) is 6.92 Å². The lowest BCUT2D eigenvalue weighted by atomic mass is 10.2. The fourth-order valence-electron chi connectivity index (χ4n) is 3.93. The molecule has 0 aromatic heterocycles. The number of carbonyl (C=O) groups excluding carboxylic acids is 3. The number of imide groups is 1. The predicted molar refractivity (Wildman–Crippen MR) is 116 cm³/mol. The lowest BCUT2D eigenvalue weighted by molar-refractivity contribution is -0.130. The maximum absolute atomic E-state index is 13.2. The van der Waals surface area contributed by atoms with Crippen molar-refractivity contribution in [2.45, 2.75) is 63.3 Å². The Bertz CT molecular complexity index is 955. The number of urea groups is 1. The molecule has 0 spiro atoms. The molecule has 1 aromatic carbocycles. The van der Waals surface area contributed by atoms with Crippen LogP contribution < -0.4 is 10.6 Å². The van der Waals surface area contributed by atoms with Crippen LogP contribution >= 0.6 is 0 Å². The summed E-state index contributed by atoms with van der Waals surface area (Å²) in [6.45, 7) is 4.18. The Balaban J connectivity index is 1.72. The van der Waals surface area contributed by atoms with Crippen molar-refractivity contribution in [1.29, 1.82) is 0 Å². The standard InChI is InChI=1S/C21H30N4O5S/c1-3-8-17-20(27)25(21(28)23-17)14-19(26)22-16-10-9-15(2)18(13-16)31(29,30)24-11-6-4-5-7-12-24/h9-10,13,17H,3-8,11-12,14H2,1-2H3,(H,22,26)(H,23,28).